The Morgan fingerprint density at radius 3 is 2.74 bits per heavy atom. The van der Waals surface area contributed by atoms with Gasteiger partial charge in [-0.3, -0.25) is 4.79 Å². The van der Waals surface area contributed by atoms with Crippen LogP contribution < -0.4 is 15.4 Å². The number of ether oxygens (including phenoxy) is 1. The van der Waals surface area contributed by atoms with Gasteiger partial charge in [0.05, 0.1) is 11.8 Å². The van der Waals surface area contributed by atoms with Gasteiger partial charge in [0.2, 0.25) is 0 Å². The highest BCUT2D eigenvalue weighted by atomic mass is 16.5. The van der Waals surface area contributed by atoms with Crippen LogP contribution in [0.1, 0.15) is 25.7 Å². The predicted octanol–water partition coefficient (Wildman–Crippen LogP) is 1.30. The number of hydrogen-bond donors (Lipinski definition) is 2. The van der Waals surface area contributed by atoms with E-state index in [1.54, 1.807) is 17.0 Å². The summed E-state index contributed by atoms with van der Waals surface area (Å²) in [7, 11) is 0. The molecular formula is C14H18N2O3. The van der Waals surface area contributed by atoms with E-state index in [1.807, 2.05) is 6.07 Å². The van der Waals surface area contributed by atoms with Gasteiger partial charge in [-0.2, -0.15) is 0 Å². The molecule has 1 aliphatic carbocycles. The largest absolute Gasteiger partial charge is 0.482 e. The summed E-state index contributed by atoms with van der Waals surface area (Å²) in [6.07, 6.45) is 2.90. The molecule has 1 aromatic carbocycles. The first-order valence-electron chi connectivity index (χ1n) is 6.67. The van der Waals surface area contributed by atoms with Gasteiger partial charge in [0.25, 0.3) is 5.91 Å². The van der Waals surface area contributed by atoms with E-state index in [2.05, 4.69) is 0 Å². The molecule has 3 N–H and O–H groups in total. The number of anilines is 2. The molecule has 1 aliphatic heterocycles. The van der Waals surface area contributed by atoms with Crippen LogP contribution in [-0.4, -0.2) is 29.8 Å². The van der Waals surface area contributed by atoms with Crippen molar-refractivity contribution >= 4 is 17.3 Å². The summed E-state index contributed by atoms with van der Waals surface area (Å²) in [5.74, 6) is 0.680. The van der Waals surface area contributed by atoms with Crippen molar-refractivity contribution < 1.29 is 14.6 Å². The highest BCUT2D eigenvalue weighted by Crippen LogP contribution is 2.37. The molecule has 102 valence electrons. The molecule has 1 heterocycles. The normalized spacial score (nSPS) is 26.8. The van der Waals surface area contributed by atoms with Crippen molar-refractivity contribution in [2.45, 2.75) is 37.8 Å². The molecule has 5 heteroatoms. The van der Waals surface area contributed by atoms with Crippen molar-refractivity contribution in [3.63, 3.8) is 0 Å². The monoisotopic (exact) mass is 262 g/mol. The second-order valence-corrected chi connectivity index (χ2v) is 5.24. The maximum Gasteiger partial charge on any atom is 0.265 e. The lowest BCUT2D eigenvalue weighted by Crippen LogP contribution is -2.47. The van der Waals surface area contributed by atoms with Crippen molar-refractivity contribution in [2.75, 3.05) is 17.2 Å². The second-order valence-electron chi connectivity index (χ2n) is 5.24. The number of nitrogens with two attached hydrogens (primary N) is 1. The Morgan fingerprint density at radius 2 is 2.00 bits per heavy atom. The number of amides is 1. The smallest absolute Gasteiger partial charge is 0.265 e. The van der Waals surface area contributed by atoms with Crippen molar-refractivity contribution in [3.05, 3.63) is 18.2 Å². The molecule has 5 nitrogen and oxygen atoms in total. The van der Waals surface area contributed by atoms with Gasteiger partial charge >= 0.3 is 0 Å². The molecule has 1 aromatic rings. The number of nitrogen functional groups attached to an aromatic ring is 1. The zero-order chi connectivity index (χ0) is 13.4. The number of nitrogens with zero attached hydrogens (tertiary/aromatic N) is 1. The molecule has 1 fully saturated rings. The third-order valence-electron chi connectivity index (χ3n) is 3.89. The SMILES string of the molecule is Nc1ccc2c(c1)N(C1CCC(O)CC1)C(=O)CO2. The zero-order valence-electron chi connectivity index (χ0n) is 10.7. The fourth-order valence-corrected chi connectivity index (χ4v) is 2.90. The second kappa shape index (κ2) is 4.74. The number of carbonyl (C=O) groups is 1. The molecule has 0 unspecified atom stereocenters. The Balaban J connectivity index is 1.92. The van der Waals surface area contributed by atoms with Gasteiger partial charge in [-0.1, -0.05) is 0 Å². The van der Waals surface area contributed by atoms with Gasteiger partial charge < -0.3 is 20.5 Å². The van der Waals surface area contributed by atoms with Crippen molar-refractivity contribution in [1.82, 2.24) is 0 Å². The summed E-state index contributed by atoms with van der Waals surface area (Å²) < 4.78 is 5.44. The number of aliphatic hydroxyl groups excluding tert-OH is 1. The first-order chi connectivity index (χ1) is 9.15. The van der Waals surface area contributed by atoms with Crippen LogP contribution in [0.2, 0.25) is 0 Å². The van der Waals surface area contributed by atoms with Gasteiger partial charge in [0.1, 0.15) is 5.75 Å². The minimum Gasteiger partial charge on any atom is -0.482 e. The molecule has 1 amide bonds. The quantitative estimate of drug-likeness (QED) is 0.748. The average molecular weight is 262 g/mol. The molecule has 3 rings (SSSR count). The summed E-state index contributed by atoms with van der Waals surface area (Å²) in [6.45, 7) is 0.0793. The van der Waals surface area contributed by atoms with E-state index in [4.69, 9.17) is 10.5 Å². The maximum absolute atomic E-state index is 12.1. The highest BCUT2D eigenvalue weighted by Gasteiger charge is 2.33. The molecule has 0 bridgehead atoms. The lowest BCUT2D eigenvalue weighted by molar-refractivity contribution is -0.122. The molecule has 0 radical (unpaired) electrons. The van der Waals surface area contributed by atoms with E-state index < -0.39 is 0 Å². The van der Waals surface area contributed by atoms with Gasteiger partial charge in [-0.05, 0) is 43.9 Å². The lowest BCUT2D eigenvalue weighted by Gasteiger charge is -2.38. The van der Waals surface area contributed by atoms with Crippen LogP contribution in [0.5, 0.6) is 5.75 Å². The highest BCUT2D eigenvalue weighted by molar-refractivity contribution is 5.98. The zero-order valence-corrected chi connectivity index (χ0v) is 10.7. The summed E-state index contributed by atoms with van der Waals surface area (Å²) >= 11 is 0. The molecule has 19 heavy (non-hydrogen) atoms. The van der Waals surface area contributed by atoms with Crippen LogP contribution in [0.15, 0.2) is 18.2 Å². The number of carbonyl (C=O) groups excluding carboxylic acids is 1. The van der Waals surface area contributed by atoms with Gasteiger partial charge in [-0.25, -0.2) is 0 Å². The predicted molar refractivity (Wildman–Crippen MR) is 72.1 cm³/mol. The van der Waals surface area contributed by atoms with E-state index >= 15 is 0 Å². The first-order valence-corrected chi connectivity index (χ1v) is 6.67. The Kier molecular flexibility index (Phi) is 3.06. The number of rotatable bonds is 1. The van der Waals surface area contributed by atoms with Crippen LogP contribution in [0, 0.1) is 0 Å². The Labute approximate surface area is 112 Å². The third kappa shape index (κ3) is 2.26. The van der Waals surface area contributed by atoms with Crippen LogP contribution in [0.3, 0.4) is 0 Å². The number of benzene rings is 1. The van der Waals surface area contributed by atoms with Crippen LogP contribution in [-0.2, 0) is 4.79 Å². The Hall–Kier alpha value is -1.75. The third-order valence-corrected chi connectivity index (χ3v) is 3.89. The van der Waals surface area contributed by atoms with E-state index in [1.165, 1.54) is 0 Å². The standard InChI is InChI=1S/C14H18N2O3/c15-9-1-6-13-12(7-9)16(14(18)8-19-13)10-2-4-11(17)5-3-10/h1,6-7,10-11,17H,2-5,8,15H2. The summed E-state index contributed by atoms with van der Waals surface area (Å²) in [5, 5.41) is 9.58. The van der Waals surface area contributed by atoms with Crippen molar-refractivity contribution in [1.29, 1.82) is 0 Å². The Bertz CT molecular complexity index is 495. The Morgan fingerprint density at radius 1 is 1.26 bits per heavy atom. The summed E-state index contributed by atoms with van der Waals surface area (Å²) in [6, 6.07) is 5.51. The number of aliphatic hydroxyl groups is 1. The van der Waals surface area contributed by atoms with Crippen molar-refractivity contribution in [2.24, 2.45) is 0 Å². The fourth-order valence-electron chi connectivity index (χ4n) is 2.90. The van der Waals surface area contributed by atoms with Gasteiger partial charge in [-0.15, -0.1) is 0 Å². The topological polar surface area (TPSA) is 75.8 Å². The van der Waals surface area contributed by atoms with Gasteiger partial charge in [0.15, 0.2) is 6.61 Å². The van der Waals surface area contributed by atoms with Crippen LogP contribution in [0.4, 0.5) is 11.4 Å². The van der Waals surface area contributed by atoms with Crippen molar-refractivity contribution in [3.8, 4) is 5.75 Å². The molecule has 0 saturated heterocycles. The fraction of sp³-hybridized carbons (Fsp3) is 0.500. The first kappa shape index (κ1) is 12.3. The molecule has 0 atom stereocenters. The van der Waals surface area contributed by atoms with Gasteiger partial charge in [0, 0.05) is 11.7 Å². The molecule has 0 spiro atoms. The van der Waals surface area contributed by atoms with E-state index in [0.717, 1.165) is 31.4 Å². The molecule has 1 saturated carbocycles. The maximum atomic E-state index is 12.1. The number of fused-ring (bicyclic) bond motifs is 1. The molecular weight excluding hydrogens is 244 g/mol. The minimum atomic E-state index is -0.229. The van der Waals surface area contributed by atoms with E-state index in [9.17, 15) is 9.90 Å². The van der Waals surface area contributed by atoms with Crippen LogP contribution >= 0.6 is 0 Å². The van der Waals surface area contributed by atoms with Crippen LogP contribution in [0.25, 0.3) is 0 Å². The summed E-state index contributed by atoms with van der Waals surface area (Å²) in [4.78, 5) is 14.0. The van der Waals surface area contributed by atoms with E-state index in [0.29, 0.717) is 11.4 Å². The lowest BCUT2D eigenvalue weighted by atomic mass is 9.91. The molecule has 0 aromatic heterocycles. The molecule has 2 aliphatic rings. The minimum absolute atomic E-state index is 0.0283. The number of hydrogen-bond acceptors (Lipinski definition) is 4. The summed E-state index contributed by atoms with van der Waals surface area (Å²) in [5.41, 5.74) is 7.19. The van der Waals surface area contributed by atoms with E-state index in [-0.39, 0.29) is 24.7 Å². The average Bonchev–Trinajstić information content (AvgIpc) is 2.40.